The summed E-state index contributed by atoms with van der Waals surface area (Å²) in [6, 6.07) is 16.6. The quantitative estimate of drug-likeness (QED) is 0.414. The van der Waals surface area contributed by atoms with Gasteiger partial charge in [0.1, 0.15) is 5.75 Å². The highest BCUT2D eigenvalue weighted by Gasteiger charge is 1.95. The van der Waals surface area contributed by atoms with Crippen LogP contribution in [0.4, 0.5) is 5.69 Å². The van der Waals surface area contributed by atoms with E-state index in [4.69, 9.17) is 4.74 Å². The Morgan fingerprint density at radius 2 is 1.57 bits per heavy atom. The second-order valence-electron chi connectivity index (χ2n) is 5.80. The van der Waals surface area contributed by atoms with Crippen LogP contribution in [0.15, 0.2) is 53.5 Å². The number of ether oxygens (including phenoxy) is 1. The Labute approximate surface area is 140 Å². The molecule has 0 fully saturated rings. The van der Waals surface area contributed by atoms with Gasteiger partial charge in [-0.15, -0.1) is 0 Å². The first kappa shape index (κ1) is 17.3. The molecule has 0 saturated carbocycles. The van der Waals surface area contributed by atoms with Crippen LogP contribution in [0.5, 0.6) is 5.75 Å². The van der Waals surface area contributed by atoms with E-state index in [2.05, 4.69) is 43.1 Å². The zero-order valence-electron chi connectivity index (χ0n) is 14.3. The number of hydrogen-bond acceptors (Lipinski definition) is 2. The van der Waals surface area contributed by atoms with Crippen LogP contribution in [0.1, 0.15) is 50.7 Å². The molecule has 2 aromatic rings. The summed E-state index contributed by atoms with van der Waals surface area (Å²) in [7, 11) is 0. The topological polar surface area (TPSA) is 21.6 Å². The van der Waals surface area contributed by atoms with Crippen molar-refractivity contribution in [1.29, 1.82) is 0 Å². The fourth-order valence-electron chi connectivity index (χ4n) is 2.26. The summed E-state index contributed by atoms with van der Waals surface area (Å²) in [5.74, 6) is 0.927. The SMILES string of the molecule is CCCCOc1ccc(/C=N/c2ccc(CCCC)cc2)cc1. The van der Waals surface area contributed by atoms with Gasteiger partial charge in [0.15, 0.2) is 0 Å². The number of aryl methyl sites for hydroxylation is 1. The van der Waals surface area contributed by atoms with Crippen molar-refractivity contribution in [1.82, 2.24) is 0 Å². The predicted octanol–water partition coefficient (Wildman–Crippen LogP) is 5.96. The van der Waals surface area contributed by atoms with Crippen LogP contribution in [0.2, 0.25) is 0 Å². The molecule has 2 nitrogen and oxygen atoms in total. The number of nitrogens with zero attached hydrogens (tertiary/aromatic N) is 1. The van der Waals surface area contributed by atoms with E-state index in [0.717, 1.165) is 42.9 Å². The van der Waals surface area contributed by atoms with E-state index in [0.29, 0.717) is 0 Å². The molecule has 0 atom stereocenters. The number of unbranched alkanes of at least 4 members (excludes halogenated alkanes) is 2. The normalized spacial score (nSPS) is 11.0. The fraction of sp³-hybridized carbons (Fsp3) is 0.381. The fourth-order valence-corrected chi connectivity index (χ4v) is 2.26. The monoisotopic (exact) mass is 309 g/mol. The molecule has 0 unspecified atom stereocenters. The zero-order chi connectivity index (χ0) is 16.3. The van der Waals surface area contributed by atoms with Crippen molar-refractivity contribution in [3.8, 4) is 5.75 Å². The molecule has 2 aromatic carbocycles. The Kier molecular flexibility index (Phi) is 7.38. The van der Waals surface area contributed by atoms with Gasteiger partial charge in [0.2, 0.25) is 0 Å². The number of hydrogen-bond donors (Lipinski definition) is 0. The summed E-state index contributed by atoms with van der Waals surface area (Å²) in [5.41, 5.74) is 3.47. The van der Waals surface area contributed by atoms with Crippen molar-refractivity contribution in [3.63, 3.8) is 0 Å². The van der Waals surface area contributed by atoms with Crippen LogP contribution in [0.3, 0.4) is 0 Å². The first-order chi connectivity index (χ1) is 11.3. The van der Waals surface area contributed by atoms with E-state index < -0.39 is 0 Å². The first-order valence-corrected chi connectivity index (χ1v) is 8.67. The van der Waals surface area contributed by atoms with Crippen molar-refractivity contribution < 1.29 is 4.74 Å². The molecular formula is C21H27NO. The van der Waals surface area contributed by atoms with Crippen LogP contribution in [0.25, 0.3) is 0 Å². The molecule has 23 heavy (non-hydrogen) atoms. The number of benzene rings is 2. The third kappa shape index (κ3) is 6.27. The summed E-state index contributed by atoms with van der Waals surface area (Å²) in [5, 5.41) is 0. The lowest BCUT2D eigenvalue weighted by Gasteiger charge is -2.05. The minimum absolute atomic E-state index is 0.786. The lowest BCUT2D eigenvalue weighted by molar-refractivity contribution is 0.309. The molecule has 2 heteroatoms. The van der Waals surface area contributed by atoms with Gasteiger partial charge in [-0.1, -0.05) is 38.8 Å². The molecule has 0 aliphatic heterocycles. The van der Waals surface area contributed by atoms with E-state index in [1.54, 1.807) is 0 Å². The molecule has 0 N–H and O–H groups in total. The first-order valence-electron chi connectivity index (χ1n) is 8.67. The van der Waals surface area contributed by atoms with E-state index >= 15 is 0 Å². The molecule has 0 bridgehead atoms. The van der Waals surface area contributed by atoms with E-state index in [-0.39, 0.29) is 0 Å². The second kappa shape index (κ2) is 9.83. The molecule has 0 amide bonds. The van der Waals surface area contributed by atoms with Crippen LogP contribution in [-0.2, 0) is 6.42 Å². The number of rotatable bonds is 9. The van der Waals surface area contributed by atoms with Gasteiger partial charge >= 0.3 is 0 Å². The van der Waals surface area contributed by atoms with Gasteiger partial charge in [-0.3, -0.25) is 4.99 Å². The molecule has 0 radical (unpaired) electrons. The minimum Gasteiger partial charge on any atom is -0.494 e. The molecular weight excluding hydrogens is 282 g/mol. The van der Waals surface area contributed by atoms with Gasteiger partial charge in [-0.2, -0.15) is 0 Å². The van der Waals surface area contributed by atoms with Crippen LogP contribution >= 0.6 is 0 Å². The van der Waals surface area contributed by atoms with Crippen molar-refractivity contribution in [2.45, 2.75) is 46.0 Å². The van der Waals surface area contributed by atoms with E-state index in [9.17, 15) is 0 Å². The van der Waals surface area contributed by atoms with Crippen molar-refractivity contribution >= 4 is 11.9 Å². The summed E-state index contributed by atoms with van der Waals surface area (Å²) in [6.07, 6.45) is 7.78. The second-order valence-corrected chi connectivity index (χ2v) is 5.80. The summed E-state index contributed by atoms with van der Waals surface area (Å²) in [6.45, 7) is 5.17. The van der Waals surface area contributed by atoms with Crippen molar-refractivity contribution in [2.75, 3.05) is 6.61 Å². The summed E-state index contributed by atoms with van der Waals surface area (Å²) >= 11 is 0. The van der Waals surface area contributed by atoms with Crippen LogP contribution < -0.4 is 4.74 Å². The Balaban J connectivity index is 1.89. The summed E-state index contributed by atoms with van der Waals surface area (Å²) < 4.78 is 5.67. The molecule has 0 heterocycles. The van der Waals surface area contributed by atoms with E-state index in [1.807, 2.05) is 30.5 Å². The Morgan fingerprint density at radius 3 is 2.22 bits per heavy atom. The summed E-state index contributed by atoms with van der Waals surface area (Å²) in [4.78, 5) is 4.54. The molecule has 0 spiro atoms. The van der Waals surface area contributed by atoms with Crippen molar-refractivity contribution in [3.05, 3.63) is 59.7 Å². The third-order valence-corrected chi connectivity index (χ3v) is 3.76. The van der Waals surface area contributed by atoms with Gasteiger partial charge < -0.3 is 4.74 Å². The zero-order valence-corrected chi connectivity index (χ0v) is 14.3. The Morgan fingerprint density at radius 1 is 0.870 bits per heavy atom. The van der Waals surface area contributed by atoms with Crippen LogP contribution in [0, 0.1) is 0 Å². The predicted molar refractivity (Wildman–Crippen MR) is 99.2 cm³/mol. The standard InChI is InChI=1S/C21H27NO/c1-3-5-7-18-8-12-20(13-9-18)22-17-19-10-14-21(15-11-19)23-16-6-4-2/h8-15,17H,3-7,16H2,1-2H3/b22-17+. The lowest BCUT2D eigenvalue weighted by atomic mass is 10.1. The molecule has 0 aliphatic carbocycles. The molecule has 0 aliphatic rings. The van der Waals surface area contributed by atoms with Gasteiger partial charge in [-0.25, -0.2) is 0 Å². The molecule has 2 rings (SSSR count). The maximum absolute atomic E-state index is 5.67. The number of aliphatic imine (C=N–C) groups is 1. The maximum atomic E-state index is 5.67. The average molecular weight is 309 g/mol. The van der Waals surface area contributed by atoms with Gasteiger partial charge in [0.25, 0.3) is 0 Å². The van der Waals surface area contributed by atoms with Gasteiger partial charge in [0.05, 0.1) is 12.3 Å². The third-order valence-electron chi connectivity index (χ3n) is 3.76. The Hall–Kier alpha value is -2.09. The Bertz CT molecular complexity index is 584. The smallest absolute Gasteiger partial charge is 0.119 e. The maximum Gasteiger partial charge on any atom is 0.119 e. The van der Waals surface area contributed by atoms with Crippen molar-refractivity contribution in [2.24, 2.45) is 4.99 Å². The average Bonchev–Trinajstić information content (AvgIpc) is 2.60. The largest absolute Gasteiger partial charge is 0.494 e. The minimum atomic E-state index is 0.786. The lowest BCUT2D eigenvalue weighted by Crippen LogP contribution is -1.96. The highest BCUT2D eigenvalue weighted by molar-refractivity contribution is 5.82. The van der Waals surface area contributed by atoms with Gasteiger partial charge in [-0.05, 0) is 66.8 Å². The molecule has 0 aromatic heterocycles. The molecule has 122 valence electrons. The molecule has 0 saturated heterocycles. The van der Waals surface area contributed by atoms with Gasteiger partial charge in [0, 0.05) is 6.21 Å². The van der Waals surface area contributed by atoms with E-state index in [1.165, 1.54) is 18.4 Å². The highest BCUT2D eigenvalue weighted by Crippen LogP contribution is 2.16. The van der Waals surface area contributed by atoms with Crippen LogP contribution in [-0.4, -0.2) is 12.8 Å². The highest BCUT2D eigenvalue weighted by atomic mass is 16.5.